The Balaban J connectivity index is 2.03. The summed E-state index contributed by atoms with van der Waals surface area (Å²) >= 11 is 0. The zero-order valence-electron chi connectivity index (χ0n) is 13.8. The predicted molar refractivity (Wildman–Crippen MR) is 92.3 cm³/mol. The van der Waals surface area contributed by atoms with E-state index in [0.29, 0.717) is 12.2 Å². The Hall–Kier alpha value is -2.17. The molecule has 0 aliphatic carbocycles. The summed E-state index contributed by atoms with van der Waals surface area (Å²) in [7, 11) is 3.36. The second kappa shape index (κ2) is 9.08. The number of nitrogens with zero attached hydrogens (tertiary/aromatic N) is 1. The molecule has 0 saturated carbocycles. The molecule has 0 radical (unpaired) electrons. The van der Waals surface area contributed by atoms with E-state index in [0.717, 1.165) is 19.6 Å². The van der Waals surface area contributed by atoms with Crippen LogP contribution in [0.4, 0.5) is 0 Å². The molecule has 2 rings (SSSR count). The molecule has 0 unspecified atom stereocenters. The van der Waals surface area contributed by atoms with Gasteiger partial charge in [0, 0.05) is 39.4 Å². The van der Waals surface area contributed by atoms with Crippen molar-refractivity contribution in [3.63, 3.8) is 0 Å². The van der Waals surface area contributed by atoms with Crippen LogP contribution in [0.5, 0.6) is 0 Å². The van der Waals surface area contributed by atoms with Crippen LogP contribution in [0, 0.1) is 0 Å². The molecule has 0 aliphatic heterocycles. The van der Waals surface area contributed by atoms with Crippen molar-refractivity contribution in [2.24, 2.45) is 0 Å². The minimum absolute atomic E-state index is 0.0583. The molecule has 0 bridgehead atoms. The molecule has 4 nitrogen and oxygen atoms in total. The first-order chi connectivity index (χ1) is 11.2. The van der Waals surface area contributed by atoms with Crippen molar-refractivity contribution >= 4 is 5.91 Å². The minimum Gasteiger partial charge on any atom is -0.383 e. The number of amides is 1. The van der Waals surface area contributed by atoms with Crippen molar-refractivity contribution in [1.29, 1.82) is 0 Å². The standard InChI is InChI=1S/C19H24N2O2/c1-20-19(22)18-10-8-17(9-11-18)15-21(12-13-23-2)14-16-6-4-3-5-7-16/h3-11H,12-15H2,1-2H3,(H,20,22). The number of hydrogen-bond donors (Lipinski definition) is 1. The lowest BCUT2D eigenvalue weighted by Gasteiger charge is -2.22. The van der Waals surface area contributed by atoms with Crippen LogP contribution in [0.15, 0.2) is 54.6 Å². The fourth-order valence-electron chi connectivity index (χ4n) is 2.44. The number of rotatable bonds is 8. The fourth-order valence-corrected chi connectivity index (χ4v) is 2.44. The van der Waals surface area contributed by atoms with Gasteiger partial charge in [0.25, 0.3) is 5.91 Å². The van der Waals surface area contributed by atoms with E-state index in [1.807, 2.05) is 30.3 Å². The summed E-state index contributed by atoms with van der Waals surface area (Å²) in [5.74, 6) is -0.0583. The summed E-state index contributed by atoms with van der Waals surface area (Å²) in [6.45, 7) is 3.26. The van der Waals surface area contributed by atoms with Gasteiger partial charge in [0.2, 0.25) is 0 Å². The SMILES string of the molecule is CNC(=O)c1ccc(CN(CCOC)Cc2ccccc2)cc1. The minimum atomic E-state index is -0.0583. The molecule has 122 valence electrons. The first kappa shape index (κ1) is 17.2. The lowest BCUT2D eigenvalue weighted by atomic mass is 10.1. The van der Waals surface area contributed by atoms with Gasteiger partial charge in [-0.3, -0.25) is 9.69 Å². The van der Waals surface area contributed by atoms with Gasteiger partial charge in [0.05, 0.1) is 6.61 Å². The van der Waals surface area contributed by atoms with Gasteiger partial charge in [-0.05, 0) is 23.3 Å². The number of ether oxygens (including phenoxy) is 1. The van der Waals surface area contributed by atoms with Gasteiger partial charge in [-0.15, -0.1) is 0 Å². The van der Waals surface area contributed by atoms with E-state index < -0.39 is 0 Å². The van der Waals surface area contributed by atoms with Gasteiger partial charge < -0.3 is 10.1 Å². The molecule has 0 heterocycles. The first-order valence-corrected chi connectivity index (χ1v) is 7.79. The van der Waals surface area contributed by atoms with Gasteiger partial charge >= 0.3 is 0 Å². The molecule has 1 N–H and O–H groups in total. The third-order valence-corrected chi connectivity index (χ3v) is 3.71. The third kappa shape index (κ3) is 5.51. The van der Waals surface area contributed by atoms with Crippen molar-refractivity contribution in [2.45, 2.75) is 13.1 Å². The zero-order valence-corrected chi connectivity index (χ0v) is 13.8. The van der Waals surface area contributed by atoms with Crippen LogP contribution in [0.1, 0.15) is 21.5 Å². The highest BCUT2D eigenvalue weighted by molar-refractivity contribution is 5.93. The quantitative estimate of drug-likeness (QED) is 0.815. The molecule has 0 atom stereocenters. The number of carbonyl (C=O) groups is 1. The molecular weight excluding hydrogens is 288 g/mol. The Morgan fingerprint density at radius 3 is 2.17 bits per heavy atom. The summed E-state index contributed by atoms with van der Waals surface area (Å²) in [6.07, 6.45) is 0. The van der Waals surface area contributed by atoms with Gasteiger partial charge in [-0.25, -0.2) is 0 Å². The molecule has 4 heteroatoms. The smallest absolute Gasteiger partial charge is 0.251 e. The lowest BCUT2D eigenvalue weighted by Crippen LogP contribution is -2.26. The van der Waals surface area contributed by atoms with E-state index in [4.69, 9.17) is 4.74 Å². The van der Waals surface area contributed by atoms with E-state index in [9.17, 15) is 4.79 Å². The van der Waals surface area contributed by atoms with Crippen LogP contribution < -0.4 is 5.32 Å². The van der Waals surface area contributed by atoms with E-state index in [-0.39, 0.29) is 5.91 Å². The highest BCUT2D eigenvalue weighted by atomic mass is 16.5. The van der Waals surface area contributed by atoms with Gasteiger partial charge in [0.15, 0.2) is 0 Å². The molecule has 23 heavy (non-hydrogen) atoms. The van der Waals surface area contributed by atoms with Gasteiger partial charge in [-0.1, -0.05) is 42.5 Å². The van der Waals surface area contributed by atoms with E-state index in [1.165, 1.54) is 11.1 Å². The van der Waals surface area contributed by atoms with Crippen LogP contribution in [0.25, 0.3) is 0 Å². The third-order valence-electron chi connectivity index (χ3n) is 3.71. The first-order valence-electron chi connectivity index (χ1n) is 7.79. The van der Waals surface area contributed by atoms with Crippen molar-refractivity contribution in [1.82, 2.24) is 10.2 Å². The largest absolute Gasteiger partial charge is 0.383 e. The fraction of sp³-hybridized carbons (Fsp3) is 0.316. The molecule has 0 spiro atoms. The average Bonchev–Trinajstić information content (AvgIpc) is 2.60. The van der Waals surface area contributed by atoms with Gasteiger partial charge in [0.1, 0.15) is 0 Å². The van der Waals surface area contributed by atoms with Crippen molar-refractivity contribution in [2.75, 3.05) is 27.3 Å². The highest BCUT2D eigenvalue weighted by Crippen LogP contribution is 2.11. The normalized spacial score (nSPS) is 10.7. The Kier molecular flexibility index (Phi) is 6.78. The van der Waals surface area contributed by atoms with Crippen molar-refractivity contribution in [3.05, 3.63) is 71.3 Å². The lowest BCUT2D eigenvalue weighted by molar-refractivity contribution is 0.0963. The zero-order chi connectivity index (χ0) is 16.5. The van der Waals surface area contributed by atoms with Crippen LogP contribution in [0.3, 0.4) is 0 Å². The Labute approximate surface area is 138 Å². The summed E-state index contributed by atoms with van der Waals surface area (Å²) in [6, 6.07) is 18.2. The van der Waals surface area contributed by atoms with Crippen LogP contribution >= 0.6 is 0 Å². The van der Waals surface area contributed by atoms with Crippen molar-refractivity contribution < 1.29 is 9.53 Å². The molecule has 1 amide bonds. The summed E-state index contributed by atoms with van der Waals surface area (Å²) in [5, 5.41) is 2.64. The molecule has 0 saturated heterocycles. The Bertz CT molecular complexity index is 597. The number of benzene rings is 2. The molecule has 2 aromatic rings. The molecule has 0 fully saturated rings. The second-order valence-electron chi connectivity index (χ2n) is 5.47. The molecule has 0 aromatic heterocycles. The highest BCUT2D eigenvalue weighted by Gasteiger charge is 2.08. The summed E-state index contributed by atoms with van der Waals surface area (Å²) in [5.41, 5.74) is 3.15. The van der Waals surface area contributed by atoms with Crippen LogP contribution in [-0.2, 0) is 17.8 Å². The number of nitrogens with one attached hydrogen (secondary N) is 1. The summed E-state index contributed by atoms with van der Waals surface area (Å²) in [4.78, 5) is 13.9. The van der Waals surface area contributed by atoms with E-state index in [1.54, 1.807) is 14.2 Å². The number of carbonyl (C=O) groups excluding carboxylic acids is 1. The van der Waals surface area contributed by atoms with Crippen molar-refractivity contribution in [3.8, 4) is 0 Å². The molecule has 0 aliphatic rings. The van der Waals surface area contributed by atoms with Gasteiger partial charge in [-0.2, -0.15) is 0 Å². The van der Waals surface area contributed by atoms with E-state index >= 15 is 0 Å². The maximum Gasteiger partial charge on any atom is 0.251 e. The Morgan fingerprint density at radius 2 is 1.61 bits per heavy atom. The maximum absolute atomic E-state index is 11.6. The topological polar surface area (TPSA) is 41.6 Å². The number of hydrogen-bond acceptors (Lipinski definition) is 3. The number of methoxy groups -OCH3 is 1. The average molecular weight is 312 g/mol. The van der Waals surface area contributed by atoms with E-state index in [2.05, 4.69) is 34.5 Å². The molecular formula is C19H24N2O2. The summed E-state index contributed by atoms with van der Waals surface area (Å²) < 4.78 is 5.22. The molecule has 2 aromatic carbocycles. The van der Waals surface area contributed by atoms with Crippen LogP contribution in [-0.4, -0.2) is 38.1 Å². The Morgan fingerprint density at radius 1 is 1.00 bits per heavy atom. The monoisotopic (exact) mass is 312 g/mol. The van der Waals surface area contributed by atoms with Crippen LogP contribution in [0.2, 0.25) is 0 Å². The predicted octanol–water partition coefficient (Wildman–Crippen LogP) is 2.69. The maximum atomic E-state index is 11.6. The second-order valence-corrected chi connectivity index (χ2v) is 5.47.